The average molecular weight is 376 g/mol. The molecule has 0 radical (unpaired) electrons. The first-order valence-electron chi connectivity index (χ1n) is 7.88. The summed E-state index contributed by atoms with van der Waals surface area (Å²) >= 11 is 1.28. The predicted molar refractivity (Wildman–Crippen MR) is 94.3 cm³/mol. The Morgan fingerprint density at radius 3 is 2.77 bits per heavy atom. The Morgan fingerprint density at radius 1 is 1.35 bits per heavy atom. The standard InChI is InChI=1S/C17H17FN4O3S/c1-21-13(15(24)22(2)17(21)25)8-14(23)20-16-19-9-12(26-16)7-10-4-3-5-11(18)6-10/h3-6,9,13H,7-8H2,1-2H3,(H,19,20,23). The minimum absolute atomic E-state index is 0.135. The molecule has 3 rings (SSSR count). The molecule has 1 aliphatic heterocycles. The molecule has 2 heterocycles. The number of carbonyl (C=O) groups is 3. The van der Waals surface area contributed by atoms with Gasteiger partial charge < -0.3 is 10.2 Å². The molecule has 1 N–H and O–H groups in total. The van der Waals surface area contributed by atoms with Crippen LogP contribution in [0.25, 0.3) is 0 Å². The fourth-order valence-corrected chi connectivity index (χ4v) is 3.58. The van der Waals surface area contributed by atoms with E-state index in [2.05, 4.69) is 10.3 Å². The van der Waals surface area contributed by atoms with Gasteiger partial charge in [0.2, 0.25) is 5.91 Å². The van der Waals surface area contributed by atoms with Crippen LogP contribution in [0.5, 0.6) is 0 Å². The van der Waals surface area contributed by atoms with Crippen molar-refractivity contribution >= 4 is 34.3 Å². The van der Waals surface area contributed by atoms with E-state index < -0.39 is 23.9 Å². The van der Waals surface area contributed by atoms with Gasteiger partial charge in [-0.2, -0.15) is 0 Å². The average Bonchev–Trinajstić information content (AvgIpc) is 3.09. The van der Waals surface area contributed by atoms with Crippen LogP contribution in [0.15, 0.2) is 30.5 Å². The highest BCUT2D eigenvalue weighted by Crippen LogP contribution is 2.23. The molecular weight excluding hydrogens is 359 g/mol. The lowest BCUT2D eigenvalue weighted by Gasteiger charge is -2.15. The smallest absolute Gasteiger partial charge is 0.315 e. The molecule has 7 nitrogen and oxygen atoms in total. The maximum Gasteiger partial charge on any atom is 0.326 e. The second-order valence-electron chi connectivity index (χ2n) is 6.00. The largest absolute Gasteiger partial charge is 0.326 e. The minimum atomic E-state index is -0.806. The van der Waals surface area contributed by atoms with Gasteiger partial charge in [0.05, 0.1) is 6.42 Å². The van der Waals surface area contributed by atoms with Gasteiger partial charge in [0, 0.05) is 31.6 Å². The summed E-state index contributed by atoms with van der Waals surface area (Å²) in [5.74, 6) is -1.10. The number of nitrogens with zero attached hydrogens (tertiary/aromatic N) is 3. The van der Waals surface area contributed by atoms with Crippen LogP contribution in [0.4, 0.5) is 14.3 Å². The van der Waals surface area contributed by atoms with E-state index in [4.69, 9.17) is 0 Å². The zero-order chi connectivity index (χ0) is 18.8. The van der Waals surface area contributed by atoms with Gasteiger partial charge in [-0.25, -0.2) is 14.2 Å². The molecule has 136 valence electrons. The number of likely N-dealkylation sites (N-methyl/N-ethyl adjacent to an activating group) is 2. The summed E-state index contributed by atoms with van der Waals surface area (Å²) in [6.45, 7) is 0. The summed E-state index contributed by atoms with van der Waals surface area (Å²) in [4.78, 5) is 43.2. The van der Waals surface area contributed by atoms with Gasteiger partial charge >= 0.3 is 6.03 Å². The number of amides is 4. The van der Waals surface area contributed by atoms with Crippen LogP contribution >= 0.6 is 11.3 Å². The van der Waals surface area contributed by atoms with E-state index in [0.717, 1.165) is 15.3 Å². The lowest BCUT2D eigenvalue weighted by molar-refractivity contribution is -0.129. The molecule has 1 fully saturated rings. The van der Waals surface area contributed by atoms with E-state index in [1.807, 2.05) is 6.07 Å². The maximum absolute atomic E-state index is 13.2. The number of nitrogens with one attached hydrogen (secondary N) is 1. The predicted octanol–water partition coefficient (Wildman–Crippen LogP) is 2.09. The van der Waals surface area contributed by atoms with E-state index in [0.29, 0.717) is 11.6 Å². The number of hydrogen-bond donors (Lipinski definition) is 1. The number of anilines is 1. The maximum atomic E-state index is 13.2. The summed E-state index contributed by atoms with van der Waals surface area (Å²) in [5, 5.41) is 3.04. The second kappa shape index (κ2) is 7.20. The van der Waals surface area contributed by atoms with Crippen molar-refractivity contribution in [2.45, 2.75) is 18.9 Å². The Labute approximate surface area is 153 Å². The van der Waals surface area contributed by atoms with Gasteiger partial charge in [-0.1, -0.05) is 12.1 Å². The van der Waals surface area contributed by atoms with E-state index in [9.17, 15) is 18.8 Å². The van der Waals surface area contributed by atoms with Gasteiger partial charge in [-0.15, -0.1) is 11.3 Å². The Hall–Kier alpha value is -2.81. The first kappa shape index (κ1) is 18.0. The Bertz CT molecular complexity index is 869. The molecule has 0 aliphatic carbocycles. The first-order valence-corrected chi connectivity index (χ1v) is 8.70. The third-order valence-electron chi connectivity index (χ3n) is 4.12. The lowest BCUT2D eigenvalue weighted by atomic mass is 10.1. The SMILES string of the molecule is CN1C(=O)C(CC(=O)Nc2ncc(Cc3cccc(F)c3)s2)N(C)C1=O. The van der Waals surface area contributed by atoms with Crippen LogP contribution in [0.1, 0.15) is 16.9 Å². The van der Waals surface area contributed by atoms with Crippen molar-refractivity contribution in [2.75, 3.05) is 19.4 Å². The van der Waals surface area contributed by atoms with Crippen molar-refractivity contribution < 1.29 is 18.8 Å². The van der Waals surface area contributed by atoms with Gasteiger partial charge in [-0.3, -0.25) is 14.5 Å². The third kappa shape index (κ3) is 3.72. The van der Waals surface area contributed by atoms with Crippen LogP contribution in [0, 0.1) is 5.82 Å². The van der Waals surface area contributed by atoms with E-state index in [1.54, 1.807) is 12.3 Å². The number of halogens is 1. The van der Waals surface area contributed by atoms with E-state index >= 15 is 0 Å². The quantitative estimate of drug-likeness (QED) is 0.810. The number of benzene rings is 1. The zero-order valence-corrected chi connectivity index (χ0v) is 15.0. The topological polar surface area (TPSA) is 82.6 Å². The molecule has 0 bridgehead atoms. The normalized spacial score (nSPS) is 17.1. The van der Waals surface area contributed by atoms with Crippen LogP contribution in [0.3, 0.4) is 0 Å². The second-order valence-corrected chi connectivity index (χ2v) is 7.11. The molecule has 0 spiro atoms. The van der Waals surface area contributed by atoms with Crippen LogP contribution in [0.2, 0.25) is 0 Å². The molecular formula is C17H17FN4O3S. The van der Waals surface area contributed by atoms with Crippen molar-refractivity contribution in [1.82, 2.24) is 14.8 Å². The molecule has 9 heteroatoms. The molecule has 4 amide bonds. The summed E-state index contributed by atoms with van der Waals surface area (Å²) in [6.07, 6.45) is 1.99. The molecule has 1 aromatic carbocycles. The lowest BCUT2D eigenvalue weighted by Crippen LogP contribution is -2.35. The number of hydrogen-bond acceptors (Lipinski definition) is 5. The number of rotatable bonds is 5. The molecule has 1 aliphatic rings. The molecule has 1 aromatic heterocycles. The number of imide groups is 1. The fraction of sp³-hybridized carbons (Fsp3) is 0.294. The highest BCUT2D eigenvalue weighted by molar-refractivity contribution is 7.15. The van der Waals surface area contributed by atoms with E-state index in [1.165, 1.54) is 42.5 Å². The molecule has 0 saturated carbocycles. The monoisotopic (exact) mass is 376 g/mol. The highest BCUT2D eigenvalue weighted by atomic mass is 32.1. The summed E-state index contributed by atoms with van der Waals surface area (Å²) < 4.78 is 13.2. The van der Waals surface area contributed by atoms with Gasteiger partial charge in [-0.05, 0) is 17.7 Å². The van der Waals surface area contributed by atoms with Gasteiger partial charge in [0.15, 0.2) is 5.13 Å². The molecule has 2 aromatic rings. The number of urea groups is 1. The third-order valence-corrected chi connectivity index (χ3v) is 5.03. The zero-order valence-electron chi connectivity index (χ0n) is 14.2. The van der Waals surface area contributed by atoms with Crippen LogP contribution < -0.4 is 5.32 Å². The van der Waals surface area contributed by atoms with Gasteiger partial charge in [0.1, 0.15) is 11.9 Å². The van der Waals surface area contributed by atoms with Crippen molar-refractivity contribution in [3.8, 4) is 0 Å². The van der Waals surface area contributed by atoms with Crippen molar-refractivity contribution in [3.05, 3.63) is 46.7 Å². The van der Waals surface area contributed by atoms with Crippen molar-refractivity contribution in [1.29, 1.82) is 0 Å². The minimum Gasteiger partial charge on any atom is -0.315 e. The van der Waals surface area contributed by atoms with Crippen LogP contribution in [-0.2, 0) is 16.0 Å². The number of aromatic nitrogens is 1. The molecule has 26 heavy (non-hydrogen) atoms. The summed E-state index contributed by atoms with van der Waals surface area (Å²) in [6, 6.07) is 5.05. The number of thiazole rings is 1. The van der Waals surface area contributed by atoms with Gasteiger partial charge in [0.25, 0.3) is 5.91 Å². The van der Waals surface area contributed by atoms with Crippen molar-refractivity contribution in [3.63, 3.8) is 0 Å². The molecule has 1 atom stereocenters. The summed E-state index contributed by atoms with van der Waals surface area (Å²) in [7, 11) is 2.88. The Morgan fingerprint density at radius 2 is 2.12 bits per heavy atom. The van der Waals surface area contributed by atoms with Crippen LogP contribution in [-0.4, -0.2) is 52.8 Å². The Balaban J connectivity index is 1.60. The van der Waals surface area contributed by atoms with E-state index in [-0.39, 0.29) is 12.2 Å². The van der Waals surface area contributed by atoms with Crippen molar-refractivity contribution in [2.24, 2.45) is 0 Å². The highest BCUT2D eigenvalue weighted by Gasteiger charge is 2.41. The molecule has 1 unspecified atom stereocenters. The molecule has 1 saturated heterocycles. The first-order chi connectivity index (χ1) is 12.3. The fourth-order valence-electron chi connectivity index (χ4n) is 2.72. The Kier molecular flexibility index (Phi) is 4.99. The number of carbonyl (C=O) groups excluding carboxylic acids is 3. The summed E-state index contributed by atoms with van der Waals surface area (Å²) in [5.41, 5.74) is 0.811.